The molecule has 1 amide bonds. The quantitative estimate of drug-likeness (QED) is 0.492. The van der Waals surface area contributed by atoms with Gasteiger partial charge in [0.2, 0.25) is 5.91 Å². The number of nitrogens with zero attached hydrogens (tertiary/aromatic N) is 1. The van der Waals surface area contributed by atoms with Crippen molar-refractivity contribution in [2.45, 2.75) is 96.9 Å². The molecule has 1 heterocycles. The summed E-state index contributed by atoms with van der Waals surface area (Å²) in [6.45, 7) is 7.66. The van der Waals surface area contributed by atoms with E-state index in [4.69, 9.17) is 12.2 Å². The molecule has 34 heavy (non-hydrogen) atoms. The molecule has 6 unspecified atom stereocenters. The van der Waals surface area contributed by atoms with Crippen molar-refractivity contribution < 1.29 is 20.1 Å². The van der Waals surface area contributed by atoms with Gasteiger partial charge < -0.3 is 15.3 Å². The van der Waals surface area contributed by atoms with Crippen LogP contribution in [0.4, 0.5) is 0 Å². The number of rotatable bonds is 4. The zero-order valence-electron chi connectivity index (χ0n) is 21.0. The Kier molecular flexibility index (Phi) is 6.94. The fourth-order valence-corrected chi connectivity index (χ4v) is 10.7. The maximum atomic E-state index is 12.8. The second-order valence-corrected chi connectivity index (χ2v) is 14.4. The van der Waals surface area contributed by atoms with E-state index in [1.807, 2.05) is 0 Å². The zero-order valence-corrected chi connectivity index (χ0v) is 22.6. The summed E-state index contributed by atoms with van der Waals surface area (Å²) in [7, 11) is 0. The number of aliphatic hydroxyl groups excluding tert-OH is 3. The number of hydrogen-bond acceptors (Lipinski definition) is 6. The first kappa shape index (κ1) is 25.4. The van der Waals surface area contributed by atoms with E-state index in [2.05, 4.69) is 20.8 Å². The van der Waals surface area contributed by atoms with Crippen molar-refractivity contribution in [2.24, 2.45) is 46.3 Å². The summed E-state index contributed by atoms with van der Waals surface area (Å²) in [6, 6.07) is 0. The van der Waals surface area contributed by atoms with E-state index in [9.17, 15) is 20.1 Å². The lowest BCUT2D eigenvalue weighted by Gasteiger charge is -2.63. The van der Waals surface area contributed by atoms with Gasteiger partial charge in [-0.05, 0) is 97.7 Å². The van der Waals surface area contributed by atoms with Crippen molar-refractivity contribution in [3.8, 4) is 0 Å². The van der Waals surface area contributed by atoms with E-state index >= 15 is 0 Å². The highest BCUT2D eigenvalue weighted by molar-refractivity contribution is 8.23. The molecule has 192 valence electrons. The fourth-order valence-electron chi connectivity index (χ4n) is 9.44. The van der Waals surface area contributed by atoms with Crippen LogP contribution in [0, 0.1) is 46.3 Å². The Morgan fingerprint density at radius 1 is 1.15 bits per heavy atom. The summed E-state index contributed by atoms with van der Waals surface area (Å²) in [4.78, 5) is 14.5. The number of hydrogen-bond donors (Lipinski definition) is 3. The number of amides is 1. The van der Waals surface area contributed by atoms with E-state index < -0.39 is 0 Å². The molecule has 0 spiro atoms. The predicted octanol–water partition coefficient (Wildman–Crippen LogP) is 4.22. The topological polar surface area (TPSA) is 81.0 Å². The lowest BCUT2D eigenvalue weighted by atomic mass is 9.43. The minimum Gasteiger partial charge on any atom is -0.393 e. The van der Waals surface area contributed by atoms with Crippen LogP contribution in [0.2, 0.25) is 0 Å². The summed E-state index contributed by atoms with van der Waals surface area (Å²) >= 11 is 6.92. The Morgan fingerprint density at radius 3 is 2.62 bits per heavy atom. The first-order valence-corrected chi connectivity index (χ1v) is 15.0. The second kappa shape index (κ2) is 9.27. The highest BCUT2D eigenvalue weighted by Gasteiger charge is 2.65. The summed E-state index contributed by atoms with van der Waals surface area (Å²) in [5.74, 6) is 3.00. The van der Waals surface area contributed by atoms with Crippen LogP contribution in [0.3, 0.4) is 0 Å². The molecular formula is C27H43NO4S2. The molecule has 0 bridgehead atoms. The van der Waals surface area contributed by atoms with E-state index in [-0.39, 0.29) is 41.0 Å². The minimum atomic E-state index is -0.374. The van der Waals surface area contributed by atoms with Gasteiger partial charge in [-0.15, -0.1) is 0 Å². The van der Waals surface area contributed by atoms with E-state index in [1.165, 1.54) is 0 Å². The van der Waals surface area contributed by atoms with Crippen LogP contribution in [0.25, 0.3) is 0 Å². The molecule has 0 aromatic rings. The number of thioether (sulfide) groups is 1. The summed E-state index contributed by atoms with van der Waals surface area (Å²) < 4.78 is 0.715. The van der Waals surface area contributed by atoms with Gasteiger partial charge in [-0.2, -0.15) is 0 Å². The molecule has 7 heteroatoms. The first-order chi connectivity index (χ1) is 16.1. The van der Waals surface area contributed by atoms with Crippen molar-refractivity contribution in [3.05, 3.63) is 0 Å². The molecule has 11 atom stereocenters. The van der Waals surface area contributed by atoms with Crippen molar-refractivity contribution >= 4 is 34.2 Å². The predicted molar refractivity (Wildman–Crippen MR) is 139 cm³/mol. The Hall–Kier alpha value is -0.210. The first-order valence-electron chi connectivity index (χ1n) is 13.6. The van der Waals surface area contributed by atoms with Crippen LogP contribution in [0.5, 0.6) is 0 Å². The largest absolute Gasteiger partial charge is 0.393 e. The third-order valence-corrected chi connectivity index (χ3v) is 12.8. The summed E-state index contributed by atoms with van der Waals surface area (Å²) in [5.41, 5.74) is -0.103. The molecule has 5 nitrogen and oxygen atoms in total. The normalized spacial score (nSPS) is 49.4. The maximum absolute atomic E-state index is 12.8. The average Bonchev–Trinajstić information content (AvgIpc) is 3.37. The van der Waals surface area contributed by atoms with Crippen molar-refractivity contribution in [3.63, 3.8) is 0 Å². The highest BCUT2D eigenvalue weighted by Crippen LogP contribution is 2.68. The summed E-state index contributed by atoms with van der Waals surface area (Å²) in [6.07, 6.45) is 6.72. The molecule has 1 aliphatic heterocycles. The minimum absolute atomic E-state index is 0.105. The number of carbonyl (C=O) groups is 1. The Bertz CT molecular complexity index is 824. The lowest BCUT2D eigenvalue weighted by Crippen LogP contribution is -2.62. The third kappa shape index (κ3) is 3.91. The number of carbonyl (C=O) groups excluding carboxylic acids is 1. The molecular weight excluding hydrogens is 466 g/mol. The van der Waals surface area contributed by atoms with Crippen molar-refractivity contribution in [1.82, 2.24) is 4.90 Å². The van der Waals surface area contributed by atoms with Gasteiger partial charge in [0, 0.05) is 18.7 Å². The van der Waals surface area contributed by atoms with Crippen LogP contribution in [0.15, 0.2) is 0 Å². The SMILES string of the molecule is CC(CCC(=O)N1CCSC1=S)C1CCC2C3C(C[C@H](O)[C@]12C)[C@@]1(C)CC[C@@H](O)CC1C[C@H]3O. The zero-order chi connectivity index (χ0) is 24.4. The monoisotopic (exact) mass is 509 g/mol. The van der Waals surface area contributed by atoms with E-state index in [0.717, 1.165) is 63.7 Å². The molecule has 4 saturated carbocycles. The van der Waals surface area contributed by atoms with Crippen LogP contribution in [-0.2, 0) is 4.79 Å². The highest BCUT2D eigenvalue weighted by atomic mass is 32.2. The van der Waals surface area contributed by atoms with Crippen molar-refractivity contribution in [1.29, 1.82) is 0 Å². The lowest BCUT2D eigenvalue weighted by molar-refractivity contribution is -0.207. The van der Waals surface area contributed by atoms with E-state index in [0.29, 0.717) is 40.3 Å². The van der Waals surface area contributed by atoms with Crippen LogP contribution in [0.1, 0.15) is 78.6 Å². The average molecular weight is 510 g/mol. The molecule has 5 fully saturated rings. The van der Waals surface area contributed by atoms with Crippen LogP contribution >= 0.6 is 24.0 Å². The van der Waals surface area contributed by atoms with Gasteiger partial charge in [-0.25, -0.2) is 0 Å². The van der Waals surface area contributed by atoms with Gasteiger partial charge in [0.05, 0.1) is 18.3 Å². The Balaban J connectivity index is 1.32. The van der Waals surface area contributed by atoms with Crippen LogP contribution < -0.4 is 0 Å². The number of fused-ring (bicyclic) bond motifs is 5. The van der Waals surface area contributed by atoms with Gasteiger partial charge in [-0.1, -0.05) is 44.8 Å². The second-order valence-electron chi connectivity index (χ2n) is 12.7. The Morgan fingerprint density at radius 2 is 1.91 bits per heavy atom. The van der Waals surface area contributed by atoms with Gasteiger partial charge in [-0.3, -0.25) is 9.69 Å². The fraction of sp³-hybridized carbons (Fsp3) is 0.926. The molecule has 1 saturated heterocycles. The van der Waals surface area contributed by atoms with Gasteiger partial charge >= 0.3 is 0 Å². The Labute approximate surface area is 214 Å². The van der Waals surface area contributed by atoms with Gasteiger partial charge in [0.1, 0.15) is 4.32 Å². The van der Waals surface area contributed by atoms with Crippen molar-refractivity contribution in [2.75, 3.05) is 12.3 Å². The van der Waals surface area contributed by atoms with Gasteiger partial charge in [0.25, 0.3) is 0 Å². The molecule has 0 aromatic carbocycles. The molecule has 5 rings (SSSR count). The molecule has 0 aromatic heterocycles. The van der Waals surface area contributed by atoms with E-state index in [1.54, 1.807) is 16.7 Å². The smallest absolute Gasteiger partial charge is 0.228 e. The van der Waals surface area contributed by atoms with Gasteiger partial charge in [0.15, 0.2) is 0 Å². The standard InChI is InChI=1S/C27H43NO4S2/c1-15(4-7-23(32)28-10-11-34-25(28)33)18-5-6-19-24-20(14-22(31)27(18,19)3)26(2)9-8-17(29)12-16(26)13-21(24)30/h15-22,24,29-31H,4-14H2,1-3H3/t15?,16?,17-,18?,19?,20?,21-,22+,24?,26+,27-/m1/s1. The number of thiocarbonyl (C=S) groups is 1. The number of aliphatic hydroxyl groups is 3. The maximum Gasteiger partial charge on any atom is 0.228 e. The molecule has 0 radical (unpaired) electrons. The molecule has 3 N–H and O–H groups in total. The molecule has 4 aliphatic carbocycles. The van der Waals surface area contributed by atoms with Crippen LogP contribution in [-0.4, -0.2) is 61.1 Å². The third-order valence-electron chi connectivity index (χ3n) is 11.4. The molecule has 5 aliphatic rings. The summed E-state index contributed by atoms with van der Waals surface area (Å²) in [5, 5.41) is 33.4.